The second-order valence-electron chi connectivity index (χ2n) is 10.4. The van der Waals surface area contributed by atoms with E-state index in [0.29, 0.717) is 18.7 Å². The second kappa shape index (κ2) is 14.1. The average molecular weight is 564 g/mol. The lowest BCUT2D eigenvalue weighted by Crippen LogP contribution is -2.53. The van der Waals surface area contributed by atoms with Gasteiger partial charge in [-0.25, -0.2) is 8.42 Å². The first-order valence-corrected chi connectivity index (χ1v) is 15.6. The maximum atomic E-state index is 14.2. The summed E-state index contributed by atoms with van der Waals surface area (Å²) in [4.78, 5) is 29.4. The first kappa shape index (κ1) is 30.9. The van der Waals surface area contributed by atoms with Gasteiger partial charge in [0.25, 0.3) is 0 Å². The minimum Gasteiger partial charge on any atom is -0.354 e. The Kier molecular flexibility index (Phi) is 10.9. The fourth-order valence-electron chi connectivity index (χ4n) is 4.71. The number of nitrogens with one attached hydrogen (secondary N) is 1. The van der Waals surface area contributed by atoms with Crippen LogP contribution in [0.15, 0.2) is 72.8 Å². The summed E-state index contributed by atoms with van der Waals surface area (Å²) in [6.45, 7) is 8.04. The molecule has 0 heterocycles. The number of nitrogens with zero attached hydrogens (tertiary/aromatic N) is 2. The van der Waals surface area contributed by atoms with Crippen molar-refractivity contribution in [1.82, 2.24) is 10.2 Å². The van der Waals surface area contributed by atoms with Crippen LogP contribution in [0.4, 0.5) is 5.69 Å². The van der Waals surface area contributed by atoms with Crippen LogP contribution in [0.1, 0.15) is 47.6 Å². The molecule has 0 aliphatic heterocycles. The predicted molar refractivity (Wildman–Crippen MR) is 162 cm³/mol. The van der Waals surface area contributed by atoms with Crippen LogP contribution >= 0.6 is 0 Å². The van der Waals surface area contributed by atoms with E-state index in [1.807, 2.05) is 87.5 Å². The summed E-state index contributed by atoms with van der Waals surface area (Å²) >= 11 is 0. The Morgan fingerprint density at radius 3 is 2.20 bits per heavy atom. The zero-order chi connectivity index (χ0) is 29.3. The van der Waals surface area contributed by atoms with Crippen LogP contribution in [0, 0.1) is 20.8 Å². The molecule has 0 fully saturated rings. The van der Waals surface area contributed by atoms with Crippen LogP contribution < -0.4 is 9.62 Å². The smallest absolute Gasteiger partial charge is 0.244 e. The quantitative estimate of drug-likeness (QED) is 0.299. The van der Waals surface area contributed by atoms with Gasteiger partial charge in [0, 0.05) is 19.5 Å². The van der Waals surface area contributed by atoms with E-state index >= 15 is 0 Å². The van der Waals surface area contributed by atoms with Crippen LogP contribution in [-0.4, -0.2) is 50.5 Å². The standard InChI is InChI=1S/C32H41N3O4S/c1-6-7-19-33-32(37)30(21-27-14-9-8-10-15-27)34(22-28-16-12-11-13-25(28)3)31(36)23-35(40(5,38)39)29-18-17-24(2)20-26(29)4/h8-18,20,30H,6-7,19,21-23H2,1-5H3,(H,33,37). The first-order valence-electron chi connectivity index (χ1n) is 13.7. The Hall–Kier alpha value is -3.65. The molecule has 0 spiro atoms. The fourth-order valence-corrected chi connectivity index (χ4v) is 5.62. The third-order valence-corrected chi connectivity index (χ3v) is 8.13. The number of amides is 2. The minimum atomic E-state index is -3.80. The summed E-state index contributed by atoms with van der Waals surface area (Å²) in [6, 6.07) is 21.9. The van der Waals surface area contributed by atoms with E-state index in [0.717, 1.165) is 51.2 Å². The van der Waals surface area contributed by atoms with Crippen LogP contribution in [-0.2, 0) is 32.6 Å². The highest BCUT2D eigenvalue weighted by atomic mass is 32.2. The Labute approximate surface area is 239 Å². The van der Waals surface area contributed by atoms with Gasteiger partial charge in [-0.15, -0.1) is 0 Å². The molecule has 0 saturated heterocycles. The minimum absolute atomic E-state index is 0.175. The van der Waals surface area contributed by atoms with Crippen LogP contribution in [0.25, 0.3) is 0 Å². The number of hydrogen-bond donors (Lipinski definition) is 1. The highest BCUT2D eigenvalue weighted by Crippen LogP contribution is 2.25. The fraction of sp³-hybridized carbons (Fsp3) is 0.375. The van der Waals surface area contributed by atoms with Gasteiger partial charge in [0.15, 0.2) is 0 Å². The monoisotopic (exact) mass is 563 g/mol. The third kappa shape index (κ3) is 8.42. The highest BCUT2D eigenvalue weighted by molar-refractivity contribution is 7.92. The molecule has 3 rings (SSSR count). The summed E-state index contributed by atoms with van der Waals surface area (Å²) in [6.07, 6.45) is 3.15. The summed E-state index contributed by atoms with van der Waals surface area (Å²) in [5.74, 6) is -0.697. The predicted octanol–water partition coefficient (Wildman–Crippen LogP) is 4.93. The van der Waals surface area contributed by atoms with Crippen molar-refractivity contribution in [2.24, 2.45) is 0 Å². The molecule has 2 amide bonds. The maximum Gasteiger partial charge on any atom is 0.244 e. The van der Waals surface area contributed by atoms with Crippen LogP contribution in [0.2, 0.25) is 0 Å². The van der Waals surface area contributed by atoms with Gasteiger partial charge in [-0.2, -0.15) is 0 Å². The van der Waals surface area contributed by atoms with Crippen molar-refractivity contribution < 1.29 is 18.0 Å². The maximum absolute atomic E-state index is 14.2. The van der Waals surface area contributed by atoms with Gasteiger partial charge in [-0.1, -0.05) is 85.6 Å². The van der Waals surface area contributed by atoms with E-state index in [9.17, 15) is 18.0 Å². The number of carbonyl (C=O) groups excluding carboxylic acids is 2. The Balaban J connectivity index is 2.06. The number of carbonyl (C=O) groups is 2. The molecule has 7 nitrogen and oxygen atoms in total. The number of unbranched alkanes of at least 4 members (excludes halogenated alkanes) is 1. The molecule has 1 N–H and O–H groups in total. The topological polar surface area (TPSA) is 86.8 Å². The number of hydrogen-bond acceptors (Lipinski definition) is 4. The second-order valence-corrected chi connectivity index (χ2v) is 12.3. The number of rotatable bonds is 13. The Morgan fingerprint density at radius 1 is 0.900 bits per heavy atom. The molecular formula is C32H41N3O4S. The van der Waals surface area contributed by atoms with E-state index in [-0.39, 0.29) is 12.5 Å². The zero-order valence-corrected chi connectivity index (χ0v) is 25.0. The van der Waals surface area contributed by atoms with Gasteiger partial charge < -0.3 is 10.2 Å². The van der Waals surface area contributed by atoms with E-state index in [2.05, 4.69) is 12.2 Å². The van der Waals surface area contributed by atoms with Crippen LogP contribution in [0.3, 0.4) is 0 Å². The van der Waals surface area contributed by atoms with E-state index < -0.39 is 28.5 Å². The van der Waals surface area contributed by atoms with E-state index in [1.165, 1.54) is 4.90 Å². The summed E-state index contributed by atoms with van der Waals surface area (Å²) in [7, 11) is -3.80. The zero-order valence-electron chi connectivity index (χ0n) is 24.2. The van der Waals surface area contributed by atoms with Crippen LogP contribution in [0.5, 0.6) is 0 Å². The van der Waals surface area contributed by atoms with Crippen molar-refractivity contribution in [1.29, 1.82) is 0 Å². The highest BCUT2D eigenvalue weighted by Gasteiger charge is 2.33. The van der Waals surface area contributed by atoms with Crippen molar-refractivity contribution >= 4 is 27.5 Å². The third-order valence-electron chi connectivity index (χ3n) is 7.00. The van der Waals surface area contributed by atoms with Crippen molar-refractivity contribution in [3.8, 4) is 0 Å². The van der Waals surface area contributed by atoms with Gasteiger partial charge in [-0.3, -0.25) is 13.9 Å². The van der Waals surface area contributed by atoms with Gasteiger partial charge >= 0.3 is 0 Å². The largest absolute Gasteiger partial charge is 0.354 e. The molecule has 0 aliphatic carbocycles. The molecule has 214 valence electrons. The summed E-state index contributed by atoms with van der Waals surface area (Å²) in [5.41, 5.74) is 4.99. The molecule has 0 aromatic heterocycles. The number of anilines is 1. The van der Waals surface area contributed by atoms with E-state index in [4.69, 9.17) is 0 Å². The molecule has 40 heavy (non-hydrogen) atoms. The van der Waals surface area contributed by atoms with Gasteiger partial charge in [0.1, 0.15) is 12.6 Å². The van der Waals surface area contributed by atoms with Gasteiger partial charge in [0.05, 0.1) is 11.9 Å². The molecule has 3 aromatic rings. The lowest BCUT2D eigenvalue weighted by atomic mass is 10.0. The molecule has 1 unspecified atom stereocenters. The molecule has 0 aliphatic rings. The molecule has 1 atom stereocenters. The number of benzene rings is 3. The molecule has 8 heteroatoms. The average Bonchev–Trinajstić information content (AvgIpc) is 2.90. The lowest BCUT2D eigenvalue weighted by molar-refractivity contribution is -0.140. The van der Waals surface area contributed by atoms with Crippen molar-refractivity contribution in [3.05, 3.63) is 101 Å². The van der Waals surface area contributed by atoms with Gasteiger partial charge in [-0.05, 0) is 55.5 Å². The number of aryl methyl sites for hydroxylation is 3. The lowest BCUT2D eigenvalue weighted by Gasteiger charge is -2.34. The molecule has 0 bridgehead atoms. The number of sulfonamides is 1. The molecule has 0 saturated carbocycles. The SMILES string of the molecule is CCCCNC(=O)C(Cc1ccccc1)N(Cc1ccccc1C)C(=O)CN(c1ccc(C)cc1C)S(C)(=O)=O. The Bertz CT molecular complexity index is 1410. The van der Waals surface area contributed by atoms with Crippen molar-refractivity contribution in [2.75, 3.05) is 23.7 Å². The summed E-state index contributed by atoms with van der Waals surface area (Å²) in [5, 5.41) is 3.01. The van der Waals surface area contributed by atoms with Crippen molar-refractivity contribution in [2.45, 2.75) is 59.5 Å². The first-order chi connectivity index (χ1) is 19.0. The summed E-state index contributed by atoms with van der Waals surface area (Å²) < 4.78 is 27.1. The molecular weight excluding hydrogens is 522 g/mol. The van der Waals surface area contributed by atoms with Crippen molar-refractivity contribution in [3.63, 3.8) is 0 Å². The Morgan fingerprint density at radius 2 is 1.57 bits per heavy atom. The molecule has 3 aromatic carbocycles. The van der Waals surface area contributed by atoms with E-state index in [1.54, 1.807) is 6.07 Å². The normalized spacial score (nSPS) is 12.0. The molecule has 0 radical (unpaired) electrons. The van der Waals surface area contributed by atoms with Gasteiger partial charge in [0.2, 0.25) is 21.8 Å².